The molecule has 0 aliphatic carbocycles. The monoisotopic (exact) mass is 340 g/mol. The molecule has 2 aromatic heterocycles. The summed E-state index contributed by atoms with van der Waals surface area (Å²) >= 11 is 0. The molecule has 0 aliphatic rings. The molecule has 7 nitrogen and oxygen atoms in total. The van der Waals surface area contributed by atoms with Gasteiger partial charge in [-0.05, 0) is 38.2 Å². The first-order valence-electron chi connectivity index (χ1n) is 8.02. The van der Waals surface area contributed by atoms with E-state index in [-0.39, 0.29) is 24.1 Å². The SMILES string of the molecule is CC(NC(=O)CN(C)Cc1nc2ccccc2c(=O)[nH]1)c1ccco1. The standard InChI is InChI=1S/C18H20N4O3/c1-12(15-8-5-9-25-15)19-17(23)11-22(2)10-16-20-14-7-4-3-6-13(14)18(24)21-16/h3-9,12H,10-11H2,1-2H3,(H,19,23)(H,20,21,24). The van der Waals surface area contributed by atoms with E-state index in [2.05, 4.69) is 15.3 Å². The molecular weight excluding hydrogens is 320 g/mol. The van der Waals surface area contributed by atoms with Gasteiger partial charge < -0.3 is 14.7 Å². The summed E-state index contributed by atoms with van der Waals surface area (Å²) in [6, 6.07) is 10.6. The maximum absolute atomic E-state index is 12.1. The van der Waals surface area contributed by atoms with Crippen molar-refractivity contribution in [3.8, 4) is 0 Å². The number of furan rings is 1. The Kier molecular flexibility index (Phi) is 4.95. The fourth-order valence-corrected chi connectivity index (χ4v) is 2.66. The normalized spacial score (nSPS) is 12.4. The van der Waals surface area contributed by atoms with Crippen molar-refractivity contribution in [1.29, 1.82) is 0 Å². The Labute approximate surface area is 144 Å². The van der Waals surface area contributed by atoms with Crippen LogP contribution in [0.3, 0.4) is 0 Å². The number of carbonyl (C=O) groups is 1. The highest BCUT2D eigenvalue weighted by Gasteiger charge is 2.14. The van der Waals surface area contributed by atoms with Crippen molar-refractivity contribution in [2.24, 2.45) is 0 Å². The number of carbonyl (C=O) groups excluding carboxylic acids is 1. The predicted octanol–water partition coefficient (Wildman–Crippen LogP) is 1.83. The van der Waals surface area contributed by atoms with Crippen LogP contribution >= 0.6 is 0 Å². The number of amides is 1. The van der Waals surface area contributed by atoms with Gasteiger partial charge in [-0.25, -0.2) is 4.98 Å². The molecule has 25 heavy (non-hydrogen) atoms. The van der Waals surface area contributed by atoms with Crippen LogP contribution in [-0.4, -0.2) is 34.4 Å². The summed E-state index contributed by atoms with van der Waals surface area (Å²) in [4.78, 5) is 33.2. The lowest BCUT2D eigenvalue weighted by molar-refractivity contribution is -0.122. The van der Waals surface area contributed by atoms with Crippen LogP contribution in [0.1, 0.15) is 24.6 Å². The molecule has 1 unspecified atom stereocenters. The Hall–Kier alpha value is -2.93. The molecule has 7 heteroatoms. The molecule has 3 rings (SSSR count). The van der Waals surface area contributed by atoms with E-state index in [0.29, 0.717) is 29.0 Å². The van der Waals surface area contributed by atoms with Crippen LogP contribution in [0.15, 0.2) is 51.9 Å². The van der Waals surface area contributed by atoms with Gasteiger partial charge in [0.1, 0.15) is 11.6 Å². The summed E-state index contributed by atoms with van der Waals surface area (Å²) in [5, 5.41) is 3.43. The van der Waals surface area contributed by atoms with Crippen LogP contribution in [-0.2, 0) is 11.3 Å². The number of H-pyrrole nitrogens is 1. The Morgan fingerprint density at radius 1 is 1.32 bits per heavy atom. The van der Waals surface area contributed by atoms with E-state index in [1.54, 1.807) is 42.5 Å². The maximum Gasteiger partial charge on any atom is 0.258 e. The molecule has 130 valence electrons. The minimum Gasteiger partial charge on any atom is -0.467 e. The number of rotatable bonds is 6. The van der Waals surface area contributed by atoms with Crippen LogP contribution in [0, 0.1) is 0 Å². The molecule has 2 heterocycles. The molecule has 0 fully saturated rings. The minimum absolute atomic E-state index is 0.130. The molecule has 0 radical (unpaired) electrons. The lowest BCUT2D eigenvalue weighted by atomic mass is 10.2. The van der Waals surface area contributed by atoms with Gasteiger partial charge in [0.25, 0.3) is 5.56 Å². The lowest BCUT2D eigenvalue weighted by Gasteiger charge is -2.17. The van der Waals surface area contributed by atoms with Gasteiger partial charge >= 0.3 is 0 Å². The number of hydrogen-bond acceptors (Lipinski definition) is 5. The van der Waals surface area contributed by atoms with Crippen molar-refractivity contribution >= 4 is 16.8 Å². The van der Waals surface area contributed by atoms with E-state index in [1.165, 1.54) is 0 Å². The molecule has 0 saturated carbocycles. The van der Waals surface area contributed by atoms with Crippen LogP contribution in [0.2, 0.25) is 0 Å². The number of aromatic nitrogens is 2. The minimum atomic E-state index is -0.200. The van der Waals surface area contributed by atoms with E-state index in [0.717, 1.165) is 0 Å². The third kappa shape index (κ3) is 4.13. The van der Waals surface area contributed by atoms with Crippen molar-refractivity contribution in [2.45, 2.75) is 19.5 Å². The van der Waals surface area contributed by atoms with Gasteiger partial charge in [-0.1, -0.05) is 12.1 Å². The van der Waals surface area contributed by atoms with Gasteiger partial charge in [-0.2, -0.15) is 0 Å². The largest absolute Gasteiger partial charge is 0.467 e. The Morgan fingerprint density at radius 2 is 2.12 bits per heavy atom. The van der Waals surface area contributed by atoms with Crippen molar-refractivity contribution in [2.75, 3.05) is 13.6 Å². The van der Waals surface area contributed by atoms with E-state index >= 15 is 0 Å². The van der Waals surface area contributed by atoms with E-state index < -0.39 is 0 Å². The first-order valence-corrected chi connectivity index (χ1v) is 8.02. The van der Waals surface area contributed by atoms with Crippen molar-refractivity contribution in [1.82, 2.24) is 20.2 Å². The summed E-state index contributed by atoms with van der Waals surface area (Å²) in [6.45, 7) is 2.41. The highest BCUT2D eigenvalue weighted by atomic mass is 16.3. The highest BCUT2D eigenvalue weighted by molar-refractivity contribution is 5.78. The highest BCUT2D eigenvalue weighted by Crippen LogP contribution is 2.12. The molecular formula is C18H20N4O3. The number of nitrogens with one attached hydrogen (secondary N) is 2. The number of aromatic amines is 1. The van der Waals surface area contributed by atoms with Gasteiger partial charge in [0, 0.05) is 0 Å². The van der Waals surface area contributed by atoms with Gasteiger partial charge in [0.05, 0.1) is 36.3 Å². The Balaban J connectivity index is 1.61. The Morgan fingerprint density at radius 3 is 2.88 bits per heavy atom. The van der Waals surface area contributed by atoms with Gasteiger partial charge in [0.2, 0.25) is 5.91 Å². The second-order valence-electron chi connectivity index (χ2n) is 6.01. The third-order valence-electron chi connectivity index (χ3n) is 3.84. The molecule has 1 aromatic carbocycles. The van der Waals surface area contributed by atoms with Crippen LogP contribution < -0.4 is 10.9 Å². The van der Waals surface area contributed by atoms with Crippen LogP contribution in [0.25, 0.3) is 10.9 Å². The summed E-state index contributed by atoms with van der Waals surface area (Å²) in [5.41, 5.74) is 0.468. The molecule has 0 saturated heterocycles. The molecule has 3 aromatic rings. The smallest absolute Gasteiger partial charge is 0.258 e. The number of para-hydroxylation sites is 1. The lowest BCUT2D eigenvalue weighted by Crippen LogP contribution is -2.36. The number of hydrogen-bond donors (Lipinski definition) is 2. The van der Waals surface area contributed by atoms with E-state index in [1.807, 2.05) is 19.1 Å². The zero-order valence-electron chi connectivity index (χ0n) is 14.2. The first kappa shape index (κ1) is 16.9. The topological polar surface area (TPSA) is 91.2 Å². The number of likely N-dealkylation sites (N-methyl/N-ethyl adjacent to an activating group) is 1. The average molecular weight is 340 g/mol. The molecule has 0 bridgehead atoms. The Bertz CT molecular complexity index is 917. The quantitative estimate of drug-likeness (QED) is 0.714. The first-order chi connectivity index (χ1) is 12.0. The summed E-state index contributed by atoms with van der Waals surface area (Å²) in [6.07, 6.45) is 1.58. The van der Waals surface area contributed by atoms with Gasteiger partial charge in [-0.3, -0.25) is 14.5 Å². The fraction of sp³-hybridized carbons (Fsp3) is 0.278. The van der Waals surface area contributed by atoms with Crippen molar-refractivity contribution < 1.29 is 9.21 Å². The second kappa shape index (κ2) is 7.31. The molecule has 1 atom stereocenters. The summed E-state index contributed by atoms with van der Waals surface area (Å²) in [5.74, 6) is 1.10. The average Bonchev–Trinajstić information content (AvgIpc) is 3.09. The summed E-state index contributed by atoms with van der Waals surface area (Å²) < 4.78 is 5.27. The predicted molar refractivity (Wildman–Crippen MR) is 94.0 cm³/mol. The molecule has 2 N–H and O–H groups in total. The summed E-state index contributed by atoms with van der Waals surface area (Å²) in [7, 11) is 1.80. The molecule has 0 aliphatic heterocycles. The zero-order chi connectivity index (χ0) is 17.8. The maximum atomic E-state index is 12.1. The molecule has 0 spiro atoms. The van der Waals surface area contributed by atoms with Crippen LogP contribution in [0.5, 0.6) is 0 Å². The second-order valence-corrected chi connectivity index (χ2v) is 6.01. The third-order valence-corrected chi connectivity index (χ3v) is 3.84. The van der Waals surface area contributed by atoms with Gasteiger partial charge in [0.15, 0.2) is 0 Å². The zero-order valence-corrected chi connectivity index (χ0v) is 14.2. The van der Waals surface area contributed by atoms with Crippen LogP contribution in [0.4, 0.5) is 0 Å². The fourth-order valence-electron chi connectivity index (χ4n) is 2.66. The number of fused-ring (bicyclic) bond motifs is 1. The van der Waals surface area contributed by atoms with Crippen molar-refractivity contribution in [3.63, 3.8) is 0 Å². The van der Waals surface area contributed by atoms with Crippen molar-refractivity contribution in [3.05, 3.63) is 64.6 Å². The van der Waals surface area contributed by atoms with Gasteiger partial charge in [-0.15, -0.1) is 0 Å². The number of benzene rings is 1. The molecule has 1 amide bonds. The van der Waals surface area contributed by atoms with E-state index in [4.69, 9.17) is 4.42 Å². The van der Waals surface area contributed by atoms with E-state index in [9.17, 15) is 9.59 Å². The number of nitrogens with zero attached hydrogens (tertiary/aromatic N) is 2.